The summed E-state index contributed by atoms with van der Waals surface area (Å²) < 4.78 is 32.7. The Labute approximate surface area is 207 Å². The van der Waals surface area contributed by atoms with Gasteiger partial charge >= 0.3 is 0 Å². The van der Waals surface area contributed by atoms with Crippen LogP contribution in [0.25, 0.3) is 11.1 Å². The van der Waals surface area contributed by atoms with Crippen LogP contribution in [0.4, 0.5) is 10.8 Å². The van der Waals surface area contributed by atoms with Crippen LogP contribution in [0.3, 0.4) is 0 Å². The van der Waals surface area contributed by atoms with Gasteiger partial charge in [-0.3, -0.25) is 14.5 Å². The number of carbonyl (C=O) groups is 1. The maximum atomic E-state index is 13.2. The number of rotatable bonds is 9. The average molecular weight is 521 g/mol. The molecular formula is C23H25ClN4O4S2. The lowest BCUT2D eigenvalue weighted by molar-refractivity contribution is -0.120. The molecule has 2 N–H and O–H groups in total. The molecule has 1 amide bonds. The van der Waals surface area contributed by atoms with Gasteiger partial charge in [-0.2, -0.15) is 0 Å². The maximum Gasteiger partial charge on any atom is 0.237 e. The zero-order valence-electron chi connectivity index (χ0n) is 19.0. The van der Waals surface area contributed by atoms with Gasteiger partial charge in [0.25, 0.3) is 0 Å². The van der Waals surface area contributed by atoms with Crippen LogP contribution < -0.4 is 14.8 Å². The van der Waals surface area contributed by atoms with E-state index in [0.717, 1.165) is 22.5 Å². The second-order valence-corrected chi connectivity index (χ2v) is 11.8. The molecule has 4 rings (SSSR count). The zero-order chi connectivity index (χ0) is 24.5. The van der Waals surface area contributed by atoms with Crippen molar-refractivity contribution in [3.05, 3.63) is 52.8 Å². The summed E-state index contributed by atoms with van der Waals surface area (Å²) in [5.74, 6) is 0.307. The highest BCUT2D eigenvalue weighted by Gasteiger charge is 2.37. The van der Waals surface area contributed by atoms with Crippen LogP contribution >= 0.6 is 22.9 Å². The van der Waals surface area contributed by atoms with Crippen LogP contribution in [0.2, 0.25) is 5.02 Å². The fraction of sp³-hybridized carbons (Fsp3) is 0.348. The molecule has 11 heteroatoms. The van der Waals surface area contributed by atoms with E-state index in [4.69, 9.17) is 16.3 Å². The normalized spacial score (nSPS) is 14.0. The number of thiazole rings is 1. The van der Waals surface area contributed by atoms with E-state index in [1.807, 2.05) is 13.0 Å². The molecule has 0 unspecified atom stereocenters. The summed E-state index contributed by atoms with van der Waals surface area (Å²) in [5, 5.41) is 5.05. The summed E-state index contributed by atoms with van der Waals surface area (Å²) in [6, 6.07) is 7.17. The molecule has 1 saturated carbocycles. The Hall–Kier alpha value is -2.69. The average Bonchev–Trinajstić information content (AvgIpc) is 3.54. The number of hydrogen-bond donors (Lipinski definition) is 2. The van der Waals surface area contributed by atoms with Crippen LogP contribution in [0.15, 0.2) is 42.0 Å². The molecule has 1 aliphatic carbocycles. The Balaban J connectivity index is 1.53. The summed E-state index contributed by atoms with van der Waals surface area (Å²) in [5.41, 5.74) is 1.65. The van der Waals surface area contributed by atoms with Crippen molar-refractivity contribution in [2.75, 3.05) is 16.6 Å². The molecular weight excluding hydrogens is 496 g/mol. The van der Waals surface area contributed by atoms with Crippen LogP contribution in [0.5, 0.6) is 5.75 Å². The molecule has 8 nitrogen and oxygen atoms in total. The highest BCUT2D eigenvalue weighted by atomic mass is 35.5. The number of anilines is 2. The fourth-order valence-corrected chi connectivity index (χ4v) is 5.92. The predicted octanol–water partition coefficient (Wildman–Crippen LogP) is 5.08. The summed E-state index contributed by atoms with van der Waals surface area (Å²) in [7, 11) is -3.41. The summed E-state index contributed by atoms with van der Waals surface area (Å²) >= 11 is 7.25. The van der Waals surface area contributed by atoms with Crippen LogP contribution in [0.1, 0.15) is 39.3 Å². The van der Waals surface area contributed by atoms with E-state index < -0.39 is 15.4 Å². The van der Waals surface area contributed by atoms with E-state index in [1.54, 1.807) is 49.8 Å². The molecule has 1 aliphatic rings. The SMILES string of the molecule is CCOc1cc(NC(=O)C(C)(C)c2csc(NS(=O)(=O)C3CC3)n2)ccc1-c1cncc(Cl)c1. The van der Waals surface area contributed by atoms with Crippen molar-refractivity contribution in [3.63, 3.8) is 0 Å². The van der Waals surface area contributed by atoms with E-state index in [0.29, 0.717) is 41.6 Å². The largest absolute Gasteiger partial charge is 0.493 e. The molecule has 0 radical (unpaired) electrons. The molecule has 34 heavy (non-hydrogen) atoms. The van der Waals surface area contributed by atoms with E-state index in [9.17, 15) is 13.2 Å². The smallest absolute Gasteiger partial charge is 0.237 e. The van der Waals surface area contributed by atoms with Crippen molar-refractivity contribution in [1.82, 2.24) is 9.97 Å². The van der Waals surface area contributed by atoms with Gasteiger partial charge in [0.05, 0.1) is 28.0 Å². The Kier molecular flexibility index (Phi) is 6.84. The minimum atomic E-state index is -3.41. The molecule has 0 bridgehead atoms. The number of nitrogens with zero attached hydrogens (tertiary/aromatic N) is 2. The number of benzene rings is 1. The first-order valence-electron chi connectivity index (χ1n) is 10.8. The van der Waals surface area contributed by atoms with Crippen molar-refractivity contribution in [1.29, 1.82) is 0 Å². The summed E-state index contributed by atoms with van der Waals surface area (Å²) in [4.78, 5) is 21.7. The van der Waals surface area contributed by atoms with Crippen molar-refractivity contribution in [2.24, 2.45) is 0 Å². The highest BCUT2D eigenvalue weighted by Crippen LogP contribution is 2.35. The molecule has 180 valence electrons. The monoisotopic (exact) mass is 520 g/mol. The van der Waals surface area contributed by atoms with Crippen LogP contribution in [0, 0.1) is 0 Å². The van der Waals surface area contributed by atoms with Gasteiger partial charge < -0.3 is 10.1 Å². The van der Waals surface area contributed by atoms with Gasteiger partial charge in [-0.25, -0.2) is 13.4 Å². The number of ether oxygens (including phenoxy) is 1. The third-order valence-corrected chi connectivity index (χ3v) is 8.38. The Morgan fingerprint density at radius 1 is 1.26 bits per heavy atom. The molecule has 3 aromatic rings. The second kappa shape index (κ2) is 9.52. The lowest BCUT2D eigenvalue weighted by Gasteiger charge is -2.22. The van der Waals surface area contributed by atoms with Gasteiger partial charge in [0, 0.05) is 40.7 Å². The summed E-state index contributed by atoms with van der Waals surface area (Å²) in [6.07, 6.45) is 4.58. The quantitative estimate of drug-likeness (QED) is 0.407. The maximum absolute atomic E-state index is 13.2. The number of halogens is 1. The van der Waals surface area contributed by atoms with E-state index >= 15 is 0 Å². The highest BCUT2D eigenvalue weighted by molar-refractivity contribution is 7.93. The number of carbonyl (C=O) groups excluding carboxylic acids is 1. The lowest BCUT2D eigenvalue weighted by atomic mass is 9.89. The fourth-order valence-electron chi connectivity index (χ4n) is 3.27. The molecule has 0 aliphatic heterocycles. The number of hydrogen-bond acceptors (Lipinski definition) is 7. The third kappa shape index (κ3) is 5.34. The van der Waals surface area contributed by atoms with Gasteiger partial charge in [0.15, 0.2) is 5.13 Å². The van der Waals surface area contributed by atoms with Crippen LogP contribution in [-0.2, 0) is 20.2 Å². The number of sulfonamides is 1. The standard InChI is InChI=1S/C23H25ClN4O4S2/c1-4-32-19-10-16(5-8-18(19)14-9-15(24)12-25-11-14)26-21(29)23(2,3)20-13-33-22(27-20)28-34(30,31)17-6-7-17/h5,8-13,17H,4,6-7H2,1-3H3,(H,26,29)(H,27,28). The summed E-state index contributed by atoms with van der Waals surface area (Å²) in [6.45, 7) is 5.81. The zero-order valence-corrected chi connectivity index (χ0v) is 21.4. The third-order valence-electron chi connectivity index (χ3n) is 5.46. The van der Waals surface area contributed by atoms with Crippen molar-refractivity contribution >= 4 is 49.7 Å². The van der Waals surface area contributed by atoms with Gasteiger partial charge in [-0.1, -0.05) is 11.6 Å². The minimum Gasteiger partial charge on any atom is -0.493 e. The number of amides is 1. The molecule has 0 atom stereocenters. The molecule has 1 fully saturated rings. The minimum absolute atomic E-state index is 0.265. The van der Waals surface area contributed by atoms with Gasteiger partial charge in [0.1, 0.15) is 5.75 Å². The number of aromatic nitrogens is 2. The first-order valence-corrected chi connectivity index (χ1v) is 13.6. The van der Waals surface area contributed by atoms with Crippen LogP contribution in [-0.4, -0.2) is 36.1 Å². The van der Waals surface area contributed by atoms with E-state index in [2.05, 4.69) is 20.0 Å². The van der Waals surface area contributed by atoms with Gasteiger partial charge in [0.2, 0.25) is 15.9 Å². The number of pyridine rings is 1. The molecule has 2 aromatic heterocycles. The molecule has 0 saturated heterocycles. The molecule has 2 heterocycles. The molecule has 1 aromatic carbocycles. The van der Waals surface area contributed by atoms with E-state index in [1.165, 1.54) is 0 Å². The Morgan fingerprint density at radius 2 is 2.03 bits per heavy atom. The predicted molar refractivity (Wildman–Crippen MR) is 135 cm³/mol. The van der Waals surface area contributed by atoms with Crippen molar-refractivity contribution < 1.29 is 17.9 Å². The lowest BCUT2D eigenvalue weighted by Crippen LogP contribution is -2.35. The first-order chi connectivity index (χ1) is 16.1. The number of nitrogens with one attached hydrogen (secondary N) is 2. The van der Waals surface area contributed by atoms with E-state index in [-0.39, 0.29) is 16.3 Å². The first kappa shape index (κ1) is 24.4. The Morgan fingerprint density at radius 3 is 2.71 bits per heavy atom. The van der Waals surface area contributed by atoms with Gasteiger partial charge in [-0.05, 0) is 51.8 Å². The van der Waals surface area contributed by atoms with Crippen molar-refractivity contribution in [3.8, 4) is 16.9 Å². The second-order valence-electron chi connectivity index (χ2n) is 8.50. The van der Waals surface area contributed by atoms with Crippen molar-refractivity contribution in [2.45, 2.75) is 44.3 Å². The topological polar surface area (TPSA) is 110 Å². The van der Waals surface area contributed by atoms with Gasteiger partial charge in [-0.15, -0.1) is 11.3 Å². The molecule has 0 spiro atoms. The Bertz CT molecular complexity index is 1320.